The number of nitrogens with one attached hydrogen (secondary N) is 1. The fourth-order valence-corrected chi connectivity index (χ4v) is 3.30. The quantitative estimate of drug-likeness (QED) is 0.897. The van der Waals surface area contributed by atoms with Crippen LogP contribution in [-0.4, -0.2) is 23.9 Å². The molecule has 0 aromatic heterocycles. The van der Waals surface area contributed by atoms with Crippen LogP contribution in [0.4, 0.5) is 10.1 Å². The summed E-state index contributed by atoms with van der Waals surface area (Å²) in [7, 11) is 0. The van der Waals surface area contributed by atoms with Crippen molar-refractivity contribution < 1.29 is 14.0 Å². The van der Waals surface area contributed by atoms with E-state index in [2.05, 4.69) is 21.2 Å². The Balaban J connectivity index is 2.04. The highest BCUT2D eigenvalue weighted by molar-refractivity contribution is 9.10. The summed E-state index contributed by atoms with van der Waals surface area (Å²) in [6, 6.07) is 4.50. The highest BCUT2D eigenvalue weighted by Crippen LogP contribution is 2.43. The molecule has 1 atom stereocenters. The fourth-order valence-electron chi connectivity index (χ4n) is 2.74. The van der Waals surface area contributed by atoms with Gasteiger partial charge in [-0.1, -0.05) is 6.07 Å². The number of hydrogen-bond donors (Lipinski definition) is 1. The summed E-state index contributed by atoms with van der Waals surface area (Å²) < 4.78 is 14.5. The molecule has 2 amide bonds. The molecule has 6 heteroatoms. The zero-order chi connectivity index (χ0) is 14.5. The SMILES string of the molecule is CC1(C2CC2)NC(=O)CN(c2c(F)cccc2Br)C1=O. The molecule has 2 fully saturated rings. The summed E-state index contributed by atoms with van der Waals surface area (Å²) in [6.45, 7) is 1.58. The number of rotatable bonds is 2. The van der Waals surface area contributed by atoms with Gasteiger partial charge in [0.2, 0.25) is 5.91 Å². The predicted octanol–water partition coefficient (Wildman–Crippen LogP) is 2.22. The first kappa shape index (κ1) is 13.5. The van der Waals surface area contributed by atoms with Crippen molar-refractivity contribution in [3.8, 4) is 0 Å². The Morgan fingerprint density at radius 1 is 1.40 bits per heavy atom. The van der Waals surface area contributed by atoms with Crippen molar-refractivity contribution in [2.24, 2.45) is 5.92 Å². The summed E-state index contributed by atoms with van der Waals surface area (Å²) in [6.07, 6.45) is 1.82. The minimum absolute atomic E-state index is 0.138. The molecule has 4 nitrogen and oxygen atoms in total. The summed E-state index contributed by atoms with van der Waals surface area (Å²) in [5.74, 6) is -0.868. The number of carbonyl (C=O) groups is 2. The number of hydrogen-bond acceptors (Lipinski definition) is 2. The molecule has 2 aliphatic rings. The van der Waals surface area contributed by atoms with Crippen LogP contribution in [0.15, 0.2) is 22.7 Å². The first-order chi connectivity index (χ1) is 9.43. The largest absolute Gasteiger partial charge is 0.340 e. The zero-order valence-corrected chi connectivity index (χ0v) is 12.5. The molecule has 1 aromatic carbocycles. The van der Waals surface area contributed by atoms with Gasteiger partial charge in [-0.3, -0.25) is 14.5 Å². The normalized spacial score (nSPS) is 26.6. The van der Waals surface area contributed by atoms with E-state index in [0.717, 1.165) is 12.8 Å². The van der Waals surface area contributed by atoms with Crippen molar-refractivity contribution in [3.05, 3.63) is 28.5 Å². The van der Waals surface area contributed by atoms with Crippen LogP contribution in [0.1, 0.15) is 19.8 Å². The number of piperazine rings is 1. The monoisotopic (exact) mass is 340 g/mol. The molecule has 0 spiro atoms. The second-order valence-electron chi connectivity index (χ2n) is 5.49. The lowest BCUT2D eigenvalue weighted by Gasteiger charge is -2.40. The van der Waals surface area contributed by atoms with Gasteiger partial charge in [-0.2, -0.15) is 0 Å². The number of benzene rings is 1. The maximum absolute atomic E-state index is 14.0. The van der Waals surface area contributed by atoms with Gasteiger partial charge in [0.1, 0.15) is 17.9 Å². The van der Waals surface area contributed by atoms with Gasteiger partial charge in [-0.15, -0.1) is 0 Å². The lowest BCUT2D eigenvalue weighted by Crippen LogP contribution is -2.66. The highest BCUT2D eigenvalue weighted by Gasteiger charge is 2.53. The first-order valence-electron chi connectivity index (χ1n) is 6.50. The molecule has 1 aliphatic carbocycles. The van der Waals surface area contributed by atoms with E-state index in [-0.39, 0.29) is 30.0 Å². The molecule has 0 radical (unpaired) electrons. The zero-order valence-electron chi connectivity index (χ0n) is 11.0. The van der Waals surface area contributed by atoms with E-state index in [1.165, 1.54) is 11.0 Å². The van der Waals surface area contributed by atoms with Crippen molar-refractivity contribution in [1.29, 1.82) is 0 Å². The van der Waals surface area contributed by atoms with Crippen molar-refractivity contribution >= 4 is 33.4 Å². The molecule has 106 valence electrons. The Hall–Kier alpha value is -1.43. The smallest absolute Gasteiger partial charge is 0.253 e. The molecular formula is C14H14BrFN2O2. The van der Waals surface area contributed by atoms with Gasteiger partial charge in [-0.05, 0) is 53.7 Å². The summed E-state index contributed by atoms with van der Waals surface area (Å²) in [5, 5.41) is 2.78. The minimum atomic E-state index is -0.920. The fraction of sp³-hybridized carbons (Fsp3) is 0.429. The third kappa shape index (κ3) is 2.02. The van der Waals surface area contributed by atoms with Gasteiger partial charge in [0.05, 0.1) is 5.69 Å². The molecule has 1 aliphatic heterocycles. The lowest BCUT2D eigenvalue weighted by atomic mass is 9.91. The van der Waals surface area contributed by atoms with E-state index in [0.29, 0.717) is 4.47 Å². The van der Waals surface area contributed by atoms with Crippen molar-refractivity contribution in [3.63, 3.8) is 0 Å². The van der Waals surface area contributed by atoms with Crippen LogP contribution in [0.25, 0.3) is 0 Å². The molecule has 1 saturated carbocycles. The van der Waals surface area contributed by atoms with Crippen LogP contribution in [0.2, 0.25) is 0 Å². The van der Waals surface area contributed by atoms with Crippen LogP contribution in [-0.2, 0) is 9.59 Å². The molecule has 1 heterocycles. The van der Waals surface area contributed by atoms with E-state index in [9.17, 15) is 14.0 Å². The molecule has 0 bridgehead atoms. The number of nitrogens with zero attached hydrogens (tertiary/aromatic N) is 1. The Kier molecular flexibility index (Phi) is 3.08. The number of para-hydroxylation sites is 1. The number of amides is 2. The van der Waals surface area contributed by atoms with Gasteiger partial charge < -0.3 is 5.32 Å². The van der Waals surface area contributed by atoms with Crippen LogP contribution in [0, 0.1) is 11.7 Å². The van der Waals surface area contributed by atoms with Gasteiger partial charge in [-0.25, -0.2) is 4.39 Å². The Morgan fingerprint density at radius 3 is 2.70 bits per heavy atom. The van der Waals surface area contributed by atoms with Crippen molar-refractivity contribution in [2.75, 3.05) is 11.4 Å². The maximum Gasteiger partial charge on any atom is 0.253 e. The van der Waals surface area contributed by atoms with Gasteiger partial charge in [0, 0.05) is 4.47 Å². The van der Waals surface area contributed by atoms with E-state index in [4.69, 9.17) is 0 Å². The van der Waals surface area contributed by atoms with E-state index in [1.54, 1.807) is 19.1 Å². The summed E-state index contributed by atoms with van der Waals surface area (Å²) >= 11 is 3.25. The van der Waals surface area contributed by atoms with E-state index in [1.807, 2.05) is 0 Å². The molecule has 1 unspecified atom stereocenters. The maximum atomic E-state index is 14.0. The number of halogens is 2. The van der Waals surface area contributed by atoms with Crippen LogP contribution in [0.3, 0.4) is 0 Å². The van der Waals surface area contributed by atoms with Gasteiger partial charge in [0.25, 0.3) is 5.91 Å². The molecule has 20 heavy (non-hydrogen) atoms. The minimum Gasteiger partial charge on any atom is -0.340 e. The predicted molar refractivity (Wildman–Crippen MR) is 75.7 cm³/mol. The third-order valence-corrected chi connectivity index (χ3v) is 4.63. The second kappa shape index (κ2) is 4.55. The Morgan fingerprint density at radius 2 is 2.10 bits per heavy atom. The molecule has 1 saturated heterocycles. The second-order valence-corrected chi connectivity index (χ2v) is 6.34. The van der Waals surface area contributed by atoms with Gasteiger partial charge >= 0.3 is 0 Å². The van der Waals surface area contributed by atoms with Crippen LogP contribution >= 0.6 is 15.9 Å². The number of anilines is 1. The summed E-state index contributed by atoms with van der Waals surface area (Å²) in [5.41, 5.74) is -0.781. The molecule has 1 N–H and O–H groups in total. The van der Waals surface area contributed by atoms with Crippen molar-refractivity contribution in [2.45, 2.75) is 25.3 Å². The van der Waals surface area contributed by atoms with E-state index < -0.39 is 11.4 Å². The van der Waals surface area contributed by atoms with E-state index >= 15 is 0 Å². The van der Waals surface area contributed by atoms with Gasteiger partial charge in [0.15, 0.2) is 0 Å². The average molecular weight is 341 g/mol. The molecular weight excluding hydrogens is 327 g/mol. The lowest BCUT2D eigenvalue weighted by molar-refractivity contribution is -0.136. The third-order valence-electron chi connectivity index (χ3n) is 3.99. The Labute approximate surface area is 124 Å². The number of carbonyl (C=O) groups excluding carboxylic acids is 2. The summed E-state index contributed by atoms with van der Waals surface area (Å²) in [4.78, 5) is 25.9. The molecule has 3 rings (SSSR count). The topological polar surface area (TPSA) is 49.4 Å². The average Bonchev–Trinajstić information content (AvgIpc) is 3.19. The standard InChI is InChI=1S/C14H14BrFN2O2/c1-14(8-5-6-8)13(20)18(7-11(19)17-14)12-9(15)3-2-4-10(12)16/h2-4,8H,5-7H2,1H3,(H,17,19). The molecule has 1 aromatic rings. The first-order valence-corrected chi connectivity index (χ1v) is 7.30. The van der Waals surface area contributed by atoms with Crippen LogP contribution in [0.5, 0.6) is 0 Å². The van der Waals surface area contributed by atoms with Crippen LogP contribution < -0.4 is 10.2 Å². The van der Waals surface area contributed by atoms with Crippen molar-refractivity contribution in [1.82, 2.24) is 5.32 Å². The Bertz CT molecular complexity index is 583. The highest BCUT2D eigenvalue weighted by atomic mass is 79.9.